The van der Waals surface area contributed by atoms with E-state index in [1.54, 1.807) is 6.07 Å². The van der Waals surface area contributed by atoms with E-state index in [9.17, 15) is 4.39 Å². The van der Waals surface area contributed by atoms with E-state index in [0.29, 0.717) is 18.5 Å². The molecule has 1 aromatic carbocycles. The topological polar surface area (TPSA) is 36.4 Å². The van der Waals surface area contributed by atoms with Crippen LogP contribution in [0.25, 0.3) is 0 Å². The number of halogens is 3. The zero-order valence-corrected chi connectivity index (χ0v) is 15.8. The van der Waals surface area contributed by atoms with Crippen LogP contribution in [0.1, 0.15) is 25.8 Å². The molecule has 20 heavy (non-hydrogen) atoms. The predicted molar refractivity (Wildman–Crippen MR) is 97.5 cm³/mol. The van der Waals surface area contributed by atoms with Gasteiger partial charge in [0, 0.05) is 24.1 Å². The Morgan fingerprint density at radius 3 is 2.70 bits per heavy atom. The lowest BCUT2D eigenvalue weighted by Gasteiger charge is -2.11. The maximum absolute atomic E-state index is 13.6. The molecule has 0 aliphatic heterocycles. The first-order chi connectivity index (χ1) is 9.17. The summed E-state index contributed by atoms with van der Waals surface area (Å²) in [6.45, 7) is 6.38. The van der Waals surface area contributed by atoms with Crippen molar-refractivity contribution in [3.8, 4) is 0 Å². The zero-order chi connectivity index (χ0) is 14.1. The molecule has 0 radical (unpaired) electrons. The third kappa shape index (κ3) is 7.42. The highest BCUT2D eigenvalue weighted by atomic mass is 127. The molecule has 1 rings (SSSR count). The fourth-order valence-electron chi connectivity index (χ4n) is 1.62. The van der Waals surface area contributed by atoms with Crippen LogP contribution in [0.3, 0.4) is 0 Å². The lowest BCUT2D eigenvalue weighted by molar-refractivity contribution is 0.606. The van der Waals surface area contributed by atoms with E-state index >= 15 is 0 Å². The Morgan fingerprint density at radius 1 is 1.30 bits per heavy atom. The molecule has 2 N–H and O–H groups in total. The van der Waals surface area contributed by atoms with Crippen molar-refractivity contribution in [2.24, 2.45) is 4.99 Å². The van der Waals surface area contributed by atoms with Gasteiger partial charge in [0.1, 0.15) is 5.82 Å². The molecule has 0 unspecified atom stereocenters. The van der Waals surface area contributed by atoms with Gasteiger partial charge >= 0.3 is 0 Å². The lowest BCUT2D eigenvalue weighted by atomic mass is 10.1. The molecule has 0 aromatic heterocycles. The molecule has 0 bridgehead atoms. The molecular formula is C14H22BrFIN3. The SMILES string of the molecule is CCCN=C(NCC)NCCc1cc(Br)ccc1F.I. The van der Waals surface area contributed by atoms with Crippen molar-refractivity contribution in [3.05, 3.63) is 34.1 Å². The quantitative estimate of drug-likeness (QED) is 0.388. The fraction of sp³-hybridized carbons (Fsp3) is 0.500. The number of benzene rings is 1. The summed E-state index contributed by atoms with van der Waals surface area (Å²) >= 11 is 3.35. The van der Waals surface area contributed by atoms with Crippen LogP contribution in [-0.4, -0.2) is 25.6 Å². The molecule has 114 valence electrons. The van der Waals surface area contributed by atoms with Gasteiger partial charge in [0.05, 0.1) is 0 Å². The van der Waals surface area contributed by atoms with Gasteiger partial charge in [-0.05, 0) is 43.5 Å². The van der Waals surface area contributed by atoms with E-state index in [4.69, 9.17) is 0 Å². The van der Waals surface area contributed by atoms with E-state index in [1.165, 1.54) is 6.07 Å². The molecule has 0 saturated carbocycles. The van der Waals surface area contributed by atoms with Crippen LogP contribution < -0.4 is 10.6 Å². The maximum Gasteiger partial charge on any atom is 0.191 e. The monoisotopic (exact) mass is 457 g/mol. The van der Waals surface area contributed by atoms with E-state index < -0.39 is 0 Å². The van der Waals surface area contributed by atoms with E-state index in [-0.39, 0.29) is 29.8 Å². The highest BCUT2D eigenvalue weighted by Crippen LogP contribution is 2.15. The normalized spacial score (nSPS) is 10.9. The number of hydrogen-bond donors (Lipinski definition) is 2. The van der Waals surface area contributed by atoms with Crippen LogP contribution in [0.5, 0.6) is 0 Å². The first kappa shape index (κ1) is 19.6. The molecule has 0 aliphatic carbocycles. The zero-order valence-electron chi connectivity index (χ0n) is 11.9. The van der Waals surface area contributed by atoms with Gasteiger partial charge in [-0.25, -0.2) is 4.39 Å². The second kappa shape index (κ2) is 11.3. The average molecular weight is 458 g/mol. The second-order valence-corrected chi connectivity index (χ2v) is 5.09. The summed E-state index contributed by atoms with van der Waals surface area (Å²) in [5, 5.41) is 6.37. The predicted octanol–water partition coefficient (Wildman–Crippen LogP) is 3.71. The summed E-state index contributed by atoms with van der Waals surface area (Å²) in [6.07, 6.45) is 1.64. The Labute approximate surface area is 146 Å². The number of nitrogens with zero attached hydrogens (tertiary/aromatic N) is 1. The molecule has 6 heteroatoms. The van der Waals surface area contributed by atoms with Crippen LogP contribution >= 0.6 is 39.9 Å². The molecule has 0 fully saturated rings. The van der Waals surface area contributed by atoms with Crippen molar-refractivity contribution in [1.29, 1.82) is 0 Å². The molecular weight excluding hydrogens is 436 g/mol. The van der Waals surface area contributed by atoms with Gasteiger partial charge < -0.3 is 10.6 Å². The number of guanidine groups is 1. The molecule has 0 aliphatic rings. The van der Waals surface area contributed by atoms with Crippen LogP contribution in [0.2, 0.25) is 0 Å². The summed E-state index contributed by atoms with van der Waals surface area (Å²) in [4.78, 5) is 4.39. The van der Waals surface area contributed by atoms with Gasteiger partial charge in [-0.3, -0.25) is 4.99 Å². The van der Waals surface area contributed by atoms with Crippen molar-refractivity contribution in [1.82, 2.24) is 10.6 Å². The minimum atomic E-state index is -0.166. The molecule has 1 aromatic rings. The van der Waals surface area contributed by atoms with Gasteiger partial charge in [0.2, 0.25) is 0 Å². The Hall–Kier alpha value is -0.370. The van der Waals surface area contributed by atoms with Crippen molar-refractivity contribution in [2.45, 2.75) is 26.7 Å². The van der Waals surface area contributed by atoms with E-state index in [1.807, 2.05) is 13.0 Å². The molecule has 0 amide bonds. The minimum Gasteiger partial charge on any atom is -0.357 e. The van der Waals surface area contributed by atoms with Crippen LogP contribution in [-0.2, 0) is 6.42 Å². The van der Waals surface area contributed by atoms with E-state index in [0.717, 1.165) is 29.9 Å². The van der Waals surface area contributed by atoms with Crippen LogP contribution in [0.15, 0.2) is 27.7 Å². The van der Waals surface area contributed by atoms with Crippen molar-refractivity contribution in [2.75, 3.05) is 19.6 Å². The Bertz CT molecular complexity index is 427. The summed E-state index contributed by atoms with van der Waals surface area (Å²) in [5.41, 5.74) is 0.702. The Kier molecular flexibility index (Phi) is 11.1. The third-order valence-electron chi connectivity index (χ3n) is 2.53. The standard InChI is InChI=1S/C14H21BrFN3.HI/c1-3-8-18-14(17-4-2)19-9-7-11-10-12(15)5-6-13(11)16;/h5-6,10H,3-4,7-9H2,1-2H3,(H2,17,18,19);1H. The average Bonchev–Trinajstić information content (AvgIpc) is 2.40. The highest BCUT2D eigenvalue weighted by molar-refractivity contribution is 14.0. The smallest absolute Gasteiger partial charge is 0.191 e. The number of nitrogens with one attached hydrogen (secondary N) is 2. The first-order valence-corrected chi connectivity index (χ1v) is 7.42. The van der Waals surface area contributed by atoms with Gasteiger partial charge in [0.15, 0.2) is 5.96 Å². The molecule has 0 heterocycles. The third-order valence-corrected chi connectivity index (χ3v) is 3.03. The Morgan fingerprint density at radius 2 is 2.05 bits per heavy atom. The molecule has 0 atom stereocenters. The van der Waals surface area contributed by atoms with Gasteiger partial charge in [-0.2, -0.15) is 0 Å². The maximum atomic E-state index is 13.6. The van der Waals surface area contributed by atoms with Crippen LogP contribution in [0.4, 0.5) is 4.39 Å². The fourth-order valence-corrected chi connectivity index (χ4v) is 2.02. The second-order valence-electron chi connectivity index (χ2n) is 4.17. The minimum absolute atomic E-state index is 0. The largest absolute Gasteiger partial charge is 0.357 e. The van der Waals surface area contributed by atoms with E-state index in [2.05, 4.69) is 38.5 Å². The molecule has 3 nitrogen and oxygen atoms in total. The molecule has 0 spiro atoms. The van der Waals surface area contributed by atoms with Crippen molar-refractivity contribution < 1.29 is 4.39 Å². The Balaban J connectivity index is 0.00000361. The summed E-state index contributed by atoms with van der Waals surface area (Å²) in [6, 6.07) is 5.00. The first-order valence-electron chi connectivity index (χ1n) is 6.63. The highest BCUT2D eigenvalue weighted by Gasteiger charge is 2.03. The van der Waals surface area contributed by atoms with Gasteiger partial charge in [-0.15, -0.1) is 24.0 Å². The van der Waals surface area contributed by atoms with Gasteiger partial charge in [-0.1, -0.05) is 22.9 Å². The lowest BCUT2D eigenvalue weighted by Crippen LogP contribution is -2.38. The number of hydrogen-bond acceptors (Lipinski definition) is 1. The molecule has 0 saturated heterocycles. The number of aliphatic imine (C=N–C) groups is 1. The van der Waals surface area contributed by atoms with Crippen molar-refractivity contribution in [3.63, 3.8) is 0 Å². The van der Waals surface area contributed by atoms with Crippen LogP contribution in [0, 0.1) is 5.82 Å². The summed E-state index contributed by atoms with van der Waals surface area (Å²) < 4.78 is 14.4. The van der Waals surface area contributed by atoms with Gasteiger partial charge in [0.25, 0.3) is 0 Å². The summed E-state index contributed by atoms with van der Waals surface area (Å²) in [7, 11) is 0. The number of rotatable bonds is 6. The summed E-state index contributed by atoms with van der Waals surface area (Å²) in [5.74, 6) is 0.625. The van der Waals surface area contributed by atoms with Crippen molar-refractivity contribution >= 4 is 45.9 Å².